The van der Waals surface area contributed by atoms with E-state index in [1.54, 1.807) is 12.1 Å². The maximum atomic E-state index is 11.8. The van der Waals surface area contributed by atoms with Gasteiger partial charge in [0.15, 0.2) is 0 Å². The number of ether oxygens (including phenoxy) is 1. The number of benzene rings is 3. The minimum Gasteiger partial charge on any atom is -0.492 e. The van der Waals surface area contributed by atoms with Gasteiger partial charge in [-0.25, -0.2) is 0 Å². The van der Waals surface area contributed by atoms with Crippen LogP contribution in [0.15, 0.2) is 72.8 Å². The number of aliphatic hydroxyl groups is 1. The van der Waals surface area contributed by atoms with Crippen molar-refractivity contribution in [2.24, 2.45) is 0 Å². The molecule has 0 aromatic heterocycles. The first-order valence-corrected chi connectivity index (χ1v) is 11.4. The zero-order valence-electron chi connectivity index (χ0n) is 18.0. The number of nitrogens with zero attached hydrogens (tertiary/aromatic N) is 1. The SMILES string of the molecule is CCN(CC)CCOc1ccc(C(O)(Cc2ccc(Cl)cc2)c2ccc(Cl)cc2)cc1. The Bertz CT molecular complexity index is 939. The van der Waals surface area contributed by atoms with E-state index in [1.165, 1.54) is 0 Å². The maximum Gasteiger partial charge on any atom is 0.119 e. The summed E-state index contributed by atoms with van der Waals surface area (Å²) in [6, 6.07) is 22.6. The van der Waals surface area contributed by atoms with Gasteiger partial charge >= 0.3 is 0 Å². The smallest absolute Gasteiger partial charge is 0.119 e. The Labute approximate surface area is 195 Å². The van der Waals surface area contributed by atoms with E-state index in [9.17, 15) is 5.11 Å². The molecule has 5 heteroatoms. The summed E-state index contributed by atoms with van der Waals surface area (Å²) in [7, 11) is 0. The Morgan fingerprint density at radius 1 is 0.774 bits per heavy atom. The standard InChI is InChI=1S/C26H29Cl2NO2/c1-3-29(4-2)17-18-31-25-15-9-22(10-16-25)26(30,21-7-13-24(28)14-8-21)19-20-5-11-23(27)12-6-20/h5-16,30H,3-4,17-19H2,1-2H3. The van der Waals surface area contributed by atoms with Gasteiger partial charge in [-0.05, 0) is 66.2 Å². The first kappa shape index (κ1) is 23.6. The van der Waals surface area contributed by atoms with Crippen molar-refractivity contribution in [3.05, 3.63) is 99.5 Å². The average Bonchev–Trinajstić information content (AvgIpc) is 2.79. The summed E-state index contributed by atoms with van der Waals surface area (Å²) in [6.07, 6.45) is 0.411. The summed E-state index contributed by atoms with van der Waals surface area (Å²) in [4.78, 5) is 2.32. The van der Waals surface area contributed by atoms with E-state index in [0.29, 0.717) is 23.1 Å². The molecule has 3 aromatic rings. The molecule has 164 valence electrons. The van der Waals surface area contributed by atoms with Crippen LogP contribution < -0.4 is 4.74 Å². The van der Waals surface area contributed by atoms with Crippen LogP contribution in [0.1, 0.15) is 30.5 Å². The molecule has 31 heavy (non-hydrogen) atoms. The van der Waals surface area contributed by atoms with Gasteiger partial charge in [0, 0.05) is 23.0 Å². The molecule has 3 aromatic carbocycles. The predicted molar refractivity (Wildman–Crippen MR) is 129 cm³/mol. The lowest BCUT2D eigenvalue weighted by molar-refractivity contribution is 0.0810. The Kier molecular flexibility index (Phi) is 8.39. The van der Waals surface area contributed by atoms with Crippen molar-refractivity contribution in [3.63, 3.8) is 0 Å². The quantitative estimate of drug-likeness (QED) is 0.393. The highest BCUT2D eigenvalue weighted by atomic mass is 35.5. The van der Waals surface area contributed by atoms with Crippen LogP contribution in [-0.4, -0.2) is 36.2 Å². The van der Waals surface area contributed by atoms with E-state index in [0.717, 1.165) is 42.1 Å². The molecule has 1 N–H and O–H groups in total. The van der Waals surface area contributed by atoms with E-state index < -0.39 is 5.60 Å². The summed E-state index contributed by atoms with van der Waals surface area (Å²) in [5, 5.41) is 13.2. The predicted octanol–water partition coefficient (Wildman–Crippen LogP) is 6.19. The highest BCUT2D eigenvalue weighted by Gasteiger charge is 2.32. The third-order valence-corrected chi connectivity index (χ3v) is 6.10. The van der Waals surface area contributed by atoms with Gasteiger partial charge in [-0.3, -0.25) is 0 Å². The van der Waals surface area contributed by atoms with Crippen LogP contribution in [0.25, 0.3) is 0 Å². The molecule has 0 heterocycles. The summed E-state index contributed by atoms with van der Waals surface area (Å²) in [5.74, 6) is 0.792. The summed E-state index contributed by atoms with van der Waals surface area (Å²) in [6.45, 7) is 7.84. The van der Waals surface area contributed by atoms with Crippen LogP contribution in [0.4, 0.5) is 0 Å². The van der Waals surface area contributed by atoms with Gasteiger partial charge in [0.25, 0.3) is 0 Å². The second-order valence-corrected chi connectivity index (χ2v) is 8.44. The fourth-order valence-corrected chi connectivity index (χ4v) is 3.91. The molecule has 0 radical (unpaired) electrons. The Morgan fingerprint density at radius 2 is 1.26 bits per heavy atom. The van der Waals surface area contributed by atoms with Crippen molar-refractivity contribution >= 4 is 23.2 Å². The topological polar surface area (TPSA) is 32.7 Å². The molecule has 3 nitrogen and oxygen atoms in total. The van der Waals surface area contributed by atoms with E-state index in [4.69, 9.17) is 27.9 Å². The Balaban J connectivity index is 1.83. The molecular formula is C26H29Cl2NO2. The number of hydrogen-bond donors (Lipinski definition) is 1. The normalized spacial score (nSPS) is 13.2. The van der Waals surface area contributed by atoms with Gasteiger partial charge in [0.2, 0.25) is 0 Å². The van der Waals surface area contributed by atoms with Crippen LogP contribution in [0.3, 0.4) is 0 Å². The molecule has 3 rings (SSSR count). The van der Waals surface area contributed by atoms with Gasteiger partial charge in [0.1, 0.15) is 18.0 Å². The second-order valence-electron chi connectivity index (χ2n) is 7.57. The molecule has 1 unspecified atom stereocenters. The van der Waals surface area contributed by atoms with Crippen LogP contribution in [0.5, 0.6) is 5.75 Å². The lowest BCUT2D eigenvalue weighted by Gasteiger charge is -2.30. The van der Waals surface area contributed by atoms with E-state index >= 15 is 0 Å². The molecule has 0 fully saturated rings. The van der Waals surface area contributed by atoms with E-state index in [1.807, 2.05) is 60.7 Å². The molecule has 0 aliphatic heterocycles. The largest absolute Gasteiger partial charge is 0.492 e. The Morgan fingerprint density at radius 3 is 1.77 bits per heavy atom. The molecule has 0 saturated heterocycles. The third kappa shape index (κ3) is 6.24. The van der Waals surface area contributed by atoms with Crippen LogP contribution in [0.2, 0.25) is 10.0 Å². The molecule has 0 bridgehead atoms. The number of halogens is 2. The lowest BCUT2D eigenvalue weighted by Crippen LogP contribution is -2.30. The van der Waals surface area contributed by atoms with Gasteiger partial charge < -0.3 is 14.7 Å². The molecule has 0 aliphatic rings. The van der Waals surface area contributed by atoms with Crippen molar-refractivity contribution < 1.29 is 9.84 Å². The van der Waals surface area contributed by atoms with Gasteiger partial charge in [-0.1, -0.05) is 73.4 Å². The average molecular weight is 458 g/mol. The van der Waals surface area contributed by atoms with E-state index in [2.05, 4.69) is 18.7 Å². The lowest BCUT2D eigenvalue weighted by atomic mass is 9.81. The highest BCUT2D eigenvalue weighted by molar-refractivity contribution is 6.30. The van der Waals surface area contributed by atoms with Crippen LogP contribution in [-0.2, 0) is 12.0 Å². The van der Waals surface area contributed by atoms with Crippen molar-refractivity contribution in [1.29, 1.82) is 0 Å². The van der Waals surface area contributed by atoms with Crippen molar-refractivity contribution in [2.75, 3.05) is 26.2 Å². The van der Waals surface area contributed by atoms with Gasteiger partial charge in [0.05, 0.1) is 0 Å². The maximum absolute atomic E-state index is 11.8. The monoisotopic (exact) mass is 457 g/mol. The molecular weight excluding hydrogens is 429 g/mol. The fraction of sp³-hybridized carbons (Fsp3) is 0.308. The van der Waals surface area contributed by atoms with Crippen LogP contribution >= 0.6 is 23.2 Å². The first-order chi connectivity index (χ1) is 14.9. The molecule has 0 spiro atoms. The zero-order chi connectivity index (χ0) is 22.3. The third-order valence-electron chi connectivity index (χ3n) is 5.60. The molecule has 0 amide bonds. The van der Waals surface area contributed by atoms with E-state index in [-0.39, 0.29) is 0 Å². The van der Waals surface area contributed by atoms with Crippen molar-refractivity contribution in [3.8, 4) is 5.75 Å². The first-order valence-electron chi connectivity index (χ1n) is 10.6. The highest BCUT2D eigenvalue weighted by Crippen LogP contribution is 2.35. The van der Waals surface area contributed by atoms with Crippen molar-refractivity contribution in [2.45, 2.75) is 25.9 Å². The van der Waals surface area contributed by atoms with Crippen LogP contribution in [0, 0.1) is 0 Å². The zero-order valence-corrected chi connectivity index (χ0v) is 19.5. The minimum absolute atomic E-state index is 0.411. The van der Waals surface area contributed by atoms with Gasteiger partial charge in [-0.15, -0.1) is 0 Å². The Hall–Kier alpha value is -2.04. The van der Waals surface area contributed by atoms with Crippen molar-refractivity contribution in [1.82, 2.24) is 4.90 Å². The summed E-state index contributed by atoms with van der Waals surface area (Å²) >= 11 is 12.1. The minimum atomic E-state index is -1.21. The fourth-order valence-electron chi connectivity index (χ4n) is 3.65. The number of rotatable bonds is 10. The number of hydrogen-bond acceptors (Lipinski definition) is 3. The molecule has 0 saturated carbocycles. The number of likely N-dealkylation sites (N-methyl/N-ethyl adjacent to an activating group) is 1. The molecule has 0 aliphatic carbocycles. The second kappa shape index (κ2) is 11.0. The summed E-state index contributed by atoms with van der Waals surface area (Å²) < 4.78 is 5.91. The summed E-state index contributed by atoms with van der Waals surface area (Å²) in [5.41, 5.74) is 1.35. The van der Waals surface area contributed by atoms with Gasteiger partial charge in [-0.2, -0.15) is 0 Å². The molecule has 1 atom stereocenters.